The van der Waals surface area contributed by atoms with Crippen LogP contribution in [0.5, 0.6) is 5.75 Å². The van der Waals surface area contributed by atoms with E-state index in [0.717, 1.165) is 11.1 Å². The zero-order valence-electron chi connectivity index (χ0n) is 15.2. The van der Waals surface area contributed by atoms with E-state index >= 15 is 0 Å². The first-order valence-corrected chi connectivity index (χ1v) is 9.04. The molecule has 0 unspecified atom stereocenters. The van der Waals surface area contributed by atoms with E-state index in [0.29, 0.717) is 0 Å². The van der Waals surface area contributed by atoms with Gasteiger partial charge in [0.25, 0.3) is 0 Å². The monoisotopic (exact) mass is 410 g/mol. The van der Waals surface area contributed by atoms with Gasteiger partial charge in [-0.25, -0.2) is 9.78 Å². The summed E-state index contributed by atoms with van der Waals surface area (Å²) >= 11 is 11.9. The summed E-state index contributed by atoms with van der Waals surface area (Å²) in [7, 11) is 1.58. The number of hydrogen-bond donors (Lipinski definition) is 1. The van der Waals surface area contributed by atoms with Crippen molar-refractivity contribution in [3.63, 3.8) is 0 Å². The fourth-order valence-corrected chi connectivity index (χ4v) is 2.54. The SMILES string of the molecule is CNC(=O)Cc1ccccc1COc1cc(Cl)c(Cl)nc1C(=O)OC(C)C. The van der Waals surface area contributed by atoms with Gasteiger partial charge < -0.3 is 14.8 Å². The Labute approximate surface area is 167 Å². The van der Waals surface area contributed by atoms with Crippen LogP contribution in [0.2, 0.25) is 10.2 Å². The Balaban J connectivity index is 2.27. The van der Waals surface area contributed by atoms with Gasteiger partial charge in [0.15, 0.2) is 11.4 Å². The van der Waals surface area contributed by atoms with Gasteiger partial charge >= 0.3 is 5.97 Å². The van der Waals surface area contributed by atoms with Crippen LogP contribution in [0.4, 0.5) is 0 Å². The largest absolute Gasteiger partial charge is 0.486 e. The zero-order chi connectivity index (χ0) is 20.0. The predicted octanol–water partition coefficient (Wildman–Crippen LogP) is 3.82. The Morgan fingerprint density at radius 2 is 1.85 bits per heavy atom. The lowest BCUT2D eigenvalue weighted by Crippen LogP contribution is -2.21. The van der Waals surface area contributed by atoms with Gasteiger partial charge in [0.05, 0.1) is 17.5 Å². The summed E-state index contributed by atoms with van der Waals surface area (Å²) in [6.07, 6.45) is -0.104. The molecule has 0 aliphatic carbocycles. The van der Waals surface area contributed by atoms with Gasteiger partial charge in [-0.15, -0.1) is 0 Å². The van der Waals surface area contributed by atoms with Crippen molar-refractivity contribution in [1.29, 1.82) is 0 Å². The molecular formula is C19H20Cl2N2O4. The summed E-state index contributed by atoms with van der Waals surface area (Å²) in [6, 6.07) is 8.79. The summed E-state index contributed by atoms with van der Waals surface area (Å²) in [5.74, 6) is -0.609. The third kappa shape index (κ3) is 5.84. The molecule has 6 nitrogen and oxygen atoms in total. The number of esters is 1. The summed E-state index contributed by atoms with van der Waals surface area (Å²) < 4.78 is 11.0. The highest BCUT2D eigenvalue weighted by Gasteiger charge is 2.21. The van der Waals surface area contributed by atoms with E-state index < -0.39 is 5.97 Å². The molecule has 0 saturated carbocycles. The third-order valence-corrected chi connectivity index (χ3v) is 4.24. The van der Waals surface area contributed by atoms with E-state index in [-0.39, 0.29) is 46.7 Å². The van der Waals surface area contributed by atoms with E-state index in [9.17, 15) is 9.59 Å². The van der Waals surface area contributed by atoms with Gasteiger partial charge in [0.2, 0.25) is 5.91 Å². The number of pyridine rings is 1. The molecule has 2 aromatic rings. The number of ether oxygens (including phenoxy) is 2. The molecule has 1 amide bonds. The van der Waals surface area contributed by atoms with Crippen LogP contribution in [-0.2, 0) is 22.6 Å². The van der Waals surface area contributed by atoms with Gasteiger partial charge in [0.1, 0.15) is 11.8 Å². The molecule has 27 heavy (non-hydrogen) atoms. The van der Waals surface area contributed by atoms with Crippen molar-refractivity contribution < 1.29 is 19.1 Å². The topological polar surface area (TPSA) is 77.5 Å². The number of carbonyl (C=O) groups excluding carboxylic acids is 2. The number of likely N-dealkylation sites (N-methyl/N-ethyl adjacent to an activating group) is 1. The van der Waals surface area contributed by atoms with E-state index in [2.05, 4.69) is 10.3 Å². The van der Waals surface area contributed by atoms with Gasteiger partial charge in [0, 0.05) is 13.1 Å². The molecule has 1 aromatic heterocycles. The first-order valence-electron chi connectivity index (χ1n) is 8.29. The maximum absolute atomic E-state index is 12.3. The minimum Gasteiger partial charge on any atom is -0.486 e. The second kappa shape index (κ2) is 9.58. The zero-order valence-corrected chi connectivity index (χ0v) is 16.7. The van der Waals surface area contributed by atoms with E-state index in [1.54, 1.807) is 20.9 Å². The number of nitrogens with one attached hydrogen (secondary N) is 1. The van der Waals surface area contributed by atoms with Crippen LogP contribution in [0.1, 0.15) is 35.5 Å². The summed E-state index contributed by atoms with van der Waals surface area (Å²) in [5, 5.41) is 2.73. The first kappa shape index (κ1) is 21.0. The quantitative estimate of drug-likeness (QED) is 0.554. The van der Waals surface area contributed by atoms with Crippen molar-refractivity contribution in [1.82, 2.24) is 10.3 Å². The van der Waals surface area contributed by atoms with Crippen molar-refractivity contribution in [3.05, 3.63) is 57.3 Å². The standard InChI is InChI=1S/C19H20Cl2N2O4/c1-11(2)27-19(25)17-15(9-14(20)18(21)23-17)26-10-13-7-5-4-6-12(13)8-16(24)22-3/h4-7,9,11H,8,10H2,1-3H3,(H,22,24). The number of carbonyl (C=O) groups is 2. The Kier molecular flexibility index (Phi) is 7.45. The number of nitrogens with zero attached hydrogens (tertiary/aromatic N) is 1. The minimum atomic E-state index is -0.655. The lowest BCUT2D eigenvalue weighted by molar-refractivity contribution is -0.119. The molecule has 0 saturated heterocycles. The van der Waals surface area contributed by atoms with Crippen LogP contribution in [0.15, 0.2) is 30.3 Å². The maximum atomic E-state index is 12.3. The molecule has 1 aromatic carbocycles. The summed E-state index contributed by atoms with van der Waals surface area (Å²) in [5.41, 5.74) is 1.56. The van der Waals surface area contributed by atoms with Crippen molar-refractivity contribution in [2.24, 2.45) is 0 Å². The molecular weight excluding hydrogens is 391 g/mol. The molecule has 2 rings (SSSR count). The predicted molar refractivity (Wildman–Crippen MR) is 103 cm³/mol. The molecule has 8 heteroatoms. The van der Waals surface area contributed by atoms with Gasteiger partial charge in [-0.1, -0.05) is 47.5 Å². The lowest BCUT2D eigenvalue weighted by Gasteiger charge is -2.14. The van der Waals surface area contributed by atoms with Crippen molar-refractivity contribution in [3.8, 4) is 5.75 Å². The van der Waals surface area contributed by atoms with E-state index in [1.807, 2.05) is 24.3 Å². The molecule has 0 spiro atoms. The molecule has 1 heterocycles. The molecule has 0 aliphatic heterocycles. The molecule has 0 atom stereocenters. The average molecular weight is 411 g/mol. The van der Waals surface area contributed by atoms with Gasteiger partial charge in [-0.05, 0) is 25.0 Å². The van der Waals surface area contributed by atoms with Crippen LogP contribution < -0.4 is 10.1 Å². The maximum Gasteiger partial charge on any atom is 0.361 e. The Morgan fingerprint density at radius 3 is 2.48 bits per heavy atom. The van der Waals surface area contributed by atoms with Crippen LogP contribution in [0.25, 0.3) is 0 Å². The number of aromatic nitrogens is 1. The molecule has 0 fully saturated rings. The van der Waals surface area contributed by atoms with Gasteiger partial charge in [-0.2, -0.15) is 0 Å². The number of hydrogen-bond acceptors (Lipinski definition) is 5. The Bertz CT molecular complexity index is 840. The van der Waals surface area contributed by atoms with E-state index in [1.165, 1.54) is 6.07 Å². The smallest absolute Gasteiger partial charge is 0.361 e. The Morgan fingerprint density at radius 1 is 1.19 bits per heavy atom. The highest BCUT2D eigenvalue weighted by atomic mass is 35.5. The molecule has 144 valence electrons. The fraction of sp³-hybridized carbons (Fsp3) is 0.316. The van der Waals surface area contributed by atoms with Crippen LogP contribution >= 0.6 is 23.2 Å². The van der Waals surface area contributed by atoms with E-state index in [4.69, 9.17) is 32.7 Å². The fourth-order valence-electron chi connectivity index (χ4n) is 2.26. The molecule has 0 bridgehead atoms. The minimum absolute atomic E-state index is 0.0141. The number of amides is 1. The van der Waals surface area contributed by atoms with Crippen LogP contribution in [0.3, 0.4) is 0 Å². The highest BCUT2D eigenvalue weighted by molar-refractivity contribution is 6.41. The molecule has 1 N–H and O–H groups in total. The summed E-state index contributed by atoms with van der Waals surface area (Å²) in [6.45, 7) is 3.57. The van der Waals surface area contributed by atoms with Crippen molar-refractivity contribution >= 4 is 35.1 Å². The molecule has 0 aliphatic rings. The second-order valence-electron chi connectivity index (χ2n) is 5.97. The normalized spacial score (nSPS) is 10.6. The van der Waals surface area contributed by atoms with Gasteiger partial charge in [-0.3, -0.25) is 4.79 Å². The molecule has 0 radical (unpaired) electrons. The third-order valence-electron chi connectivity index (χ3n) is 3.57. The Hall–Kier alpha value is -2.31. The van der Waals surface area contributed by atoms with Crippen molar-refractivity contribution in [2.45, 2.75) is 33.0 Å². The number of rotatable bonds is 7. The number of benzene rings is 1. The lowest BCUT2D eigenvalue weighted by atomic mass is 10.0. The van der Waals surface area contributed by atoms with Crippen LogP contribution in [0, 0.1) is 0 Å². The second-order valence-corrected chi connectivity index (χ2v) is 6.73. The van der Waals surface area contributed by atoms with Crippen molar-refractivity contribution in [2.75, 3.05) is 7.05 Å². The first-order chi connectivity index (χ1) is 12.8. The number of halogens is 2. The highest BCUT2D eigenvalue weighted by Crippen LogP contribution is 2.29. The average Bonchev–Trinajstić information content (AvgIpc) is 2.62. The summed E-state index contributed by atoms with van der Waals surface area (Å²) in [4.78, 5) is 28.0. The van der Waals surface area contributed by atoms with Crippen LogP contribution in [-0.4, -0.2) is 30.0 Å².